The second kappa shape index (κ2) is 10.3. The van der Waals surface area contributed by atoms with E-state index >= 15 is 0 Å². The number of nitrogens with one attached hydrogen (secondary N) is 1. The summed E-state index contributed by atoms with van der Waals surface area (Å²) in [5.74, 6) is 1.06. The standard InChI is InChI=1S/C20H27N3O5S2/c1-3-27-16-7-8-18(28-4-2)17(14-16)21-19(24)15-22-9-11-23(12-10-22)30(25,26)20-6-5-13-29-20/h5-8,13-14H,3-4,9-12,15H2,1-2H3,(H,21,24). The van der Waals surface area contributed by atoms with Crippen LogP contribution in [-0.2, 0) is 14.8 Å². The Bertz CT molecular complexity index is 939. The van der Waals surface area contributed by atoms with Gasteiger partial charge in [0.25, 0.3) is 10.0 Å². The van der Waals surface area contributed by atoms with Crippen molar-refractivity contribution in [2.24, 2.45) is 0 Å². The van der Waals surface area contributed by atoms with Crippen molar-refractivity contribution < 1.29 is 22.7 Å². The lowest BCUT2D eigenvalue weighted by atomic mass is 10.2. The Morgan fingerprint density at radius 1 is 1.10 bits per heavy atom. The number of nitrogens with zero attached hydrogens (tertiary/aromatic N) is 2. The molecule has 1 N–H and O–H groups in total. The van der Waals surface area contributed by atoms with Crippen LogP contribution >= 0.6 is 11.3 Å². The number of ether oxygens (including phenoxy) is 2. The molecule has 8 nitrogen and oxygen atoms in total. The summed E-state index contributed by atoms with van der Waals surface area (Å²) >= 11 is 1.22. The highest BCUT2D eigenvalue weighted by Crippen LogP contribution is 2.29. The number of sulfonamides is 1. The highest BCUT2D eigenvalue weighted by molar-refractivity contribution is 7.91. The van der Waals surface area contributed by atoms with Crippen LogP contribution in [0.3, 0.4) is 0 Å². The number of carbonyl (C=O) groups excluding carboxylic acids is 1. The van der Waals surface area contributed by atoms with Crippen molar-refractivity contribution in [1.82, 2.24) is 9.21 Å². The molecule has 3 rings (SSSR count). The van der Waals surface area contributed by atoms with Crippen molar-refractivity contribution in [3.8, 4) is 11.5 Å². The molecule has 1 amide bonds. The molecule has 1 aromatic heterocycles. The molecule has 0 spiro atoms. The van der Waals surface area contributed by atoms with Crippen molar-refractivity contribution in [3.63, 3.8) is 0 Å². The summed E-state index contributed by atoms with van der Waals surface area (Å²) in [6.07, 6.45) is 0. The molecule has 0 atom stereocenters. The van der Waals surface area contributed by atoms with Crippen molar-refractivity contribution in [1.29, 1.82) is 0 Å². The summed E-state index contributed by atoms with van der Waals surface area (Å²) in [5, 5.41) is 4.64. The van der Waals surface area contributed by atoms with Gasteiger partial charge in [-0.2, -0.15) is 4.31 Å². The number of benzene rings is 1. The van der Waals surface area contributed by atoms with Gasteiger partial charge in [-0.25, -0.2) is 8.42 Å². The first-order valence-corrected chi connectivity index (χ1v) is 12.2. The van der Waals surface area contributed by atoms with Crippen LogP contribution in [-0.4, -0.2) is 69.5 Å². The van der Waals surface area contributed by atoms with Gasteiger partial charge in [-0.1, -0.05) is 6.07 Å². The smallest absolute Gasteiger partial charge is 0.252 e. The van der Waals surface area contributed by atoms with Crippen LogP contribution in [0.4, 0.5) is 5.69 Å². The first-order chi connectivity index (χ1) is 14.4. The molecule has 0 unspecified atom stereocenters. The van der Waals surface area contributed by atoms with Crippen molar-refractivity contribution >= 4 is 33.0 Å². The molecule has 10 heteroatoms. The number of anilines is 1. The van der Waals surface area contributed by atoms with Gasteiger partial charge < -0.3 is 14.8 Å². The fraction of sp³-hybridized carbons (Fsp3) is 0.450. The minimum atomic E-state index is -3.45. The molecule has 1 aromatic carbocycles. The van der Waals surface area contributed by atoms with Gasteiger partial charge in [0.1, 0.15) is 15.7 Å². The lowest BCUT2D eigenvalue weighted by Crippen LogP contribution is -2.50. The molecular weight excluding hydrogens is 426 g/mol. The molecular formula is C20H27N3O5S2. The molecule has 0 saturated carbocycles. The zero-order chi connectivity index (χ0) is 21.6. The molecule has 1 aliphatic rings. The van der Waals surface area contributed by atoms with E-state index in [9.17, 15) is 13.2 Å². The number of hydrogen-bond acceptors (Lipinski definition) is 7. The normalized spacial score (nSPS) is 15.7. The quantitative estimate of drug-likeness (QED) is 0.628. The van der Waals surface area contributed by atoms with Crippen molar-refractivity contribution in [2.45, 2.75) is 18.1 Å². The molecule has 2 aromatic rings. The van der Waals surface area contributed by atoms with Gasteiger partial charge in [0.05, 0.1) is 25.4 Å². The third-order valence-electron chi connectivity index (χ3n) is 4.62. The van der Waals surface area contributed by atoms with E-state index in [-0.39, 0.29) is 12.5 Å². The summed E-state index contributed by atoms with van der Waals surface area (Å²) in [6, 6.07) is 8.68. The summed E-state index contributed by atoms with van der Waals surface area (Å²) in [7, 11) is -3.45. The predicted octanol–water partition coefficient (Wildman–Crippen LogP) is 2.49. The van der Waals surface area contributed by atoms with Gasteiger partial charge in [0.15, 0.2) is 0 Å². The van der Waals surface area contributed by atoms with Crippen LogP contribution in [0.5, 0.6) is 11.5 Å². The number of carbonyl (C=O) groups is 1. The lowest BCUT2D eigenvalue weighted by Gasteiger charge is -2.33. The molecule has 0 bridgehead atoms. The lowest BCUT2D eigenvalue weighted by molar-refractivity contribution is -0.117. The Morgan fingerprint density at radius 3 is 2.47 bits per heavy atom. The summed E-state index contributed by atoms with van der Waals surface area (Å²) in [6.45, 7) is 6.67. The van der Waals surface area contributed by atoms with Crippen LogP contribution < -0.4 is 14.8 Å². The molecule has 0 radical (unpaired) electrons. The molecule has 1 fully saturated rings. The van der Waals surface area contributed by atoms with E-state index in [0.717, 1.165) is 0 Å². The second-order valence-electron chi connectivity index (χ2n) is 6.68. The average Bonchev–Trinajstić information content (AvgIpc) is 3.26. The van der Waals surface area contributed by atoms with Crippen LogP contribution in [0.1, 0.15) is 13.8 Å². The van der Waals surface area contributed by atoms with Crippen LogP contribution in [0.15, 0.2) is 39.9 Å². The topological polar surface area (TPSA) is 88.2 Å². The maximum atomic E-state index is 12.6. The van der Waals surface area contributed by atoms with Crippen LogP contribution in [0, 0.1) is 0 Å². The van der Waals surface area contributed by atoms with E-state index in [1.165, 1.54) is 15.6 Å². The van der Waals surface area contributed by atoms with E-state index in [0.29, 0.717) is 60.8 Å². The number of thiophene rings is 1. The Hall–Kier alpha value is -2.14. The fourth-order valence-electron chi connectivity index (χ4n) is 3.20. The van der Waals surface area contributed by atoms with E-state index in [1.54, 1.807) is 35.7 Å². The number of rotatable bonds is 9. The van der Waals surface area contributed by atoms with Gasteiger partial charge in [0.2, 0.25) is 5.91 Å². The Balaban J connectivity index is 1.57. The molecule has 30 heavy (non-hydrogen) atoms. The van der Waals surface area contributed by atoms with Gasteiger partial charge in [-0.15, -0.1) is 11.3 Å². The van der Waals surface area contributed by atoms with Gasteiger partial charge in [-0.3, -0.25) is 9.69 Å². The zero-order valence-corrected chi connectivity index (χ0v) is 18.8. The third-order valence-corrected chi connectivity index (χ3v) is 7.90. The fourth-order valence-corrected chi connectivity index (χ4v) is 5.77. The molecule has 164 valence electrons. The highest BCUT2D eigenvalue weighted by atomic mass is 32.2. The maximum Gasteiger partial charge on any atom is 0.252 e. The van der Waals surface area contributed by atoms with E-state index in [1.807, 2.05) is 18.7 Å². The summed E-state index contributed by atoms with van der Waals surface area (Å²) in [4.78, 5) is 14.5. The minimum Gasteiger partial charge on any atom is -0.494 e. The summed E-state index contributed by atoms with van der Waals surface area (Å²) < 4.78 is 38.2. The van der Waals surface area contributed by atoms with E-state index in [4.69, 9.17) is 9.47 Å². The molecule has 1 aliphatic heterocycles. The molecule has 0 aliphatic carbocycles. The minimum absolute atomic E-state index is 0.178. The summed E-state index contributed by atoms with van der Waals surface area (Å²) in [5.41, 5.74) is 0.562. The zero-order valence-electron chi connectivity index (χ0n) is 17.2. The second-order valence-corrected chi connectivity index (χ2v) is 9.80. The van der Waals surface area contributed by atoms with Gasteiger partial charge >= 0.3 is 0 Å². The van der Waals surface area contributed by atoms with Crippen LogP contribution in [0.25, 0.3) is 0 Å². The Morgan fingerprint density at radius 2 is 1.83 bits per heavy atom. The van der Waals surface area contributed by atoms with Crippen molar-refractivity contribution in [2.75, 3.05) is 51.3 Å². The maximum absolute atomic E-state index is 12.6. The number of amides is 1. The van der Waals surface area contributed by atoms with Gasteiger partial charge in [-0.05, 0) is 37.4 Å². The van der Waals surface area contributed by atoms with E-state index in [2.05, 4.69) is 5.32 Å². The average molecular weight is 454 g/mol. The largest absolute Gasteiger partial charge is 0.494 e. The SMILES string of the molecule is CCOc1ccc(OCC)c(NC(=O)CN2CCN(S(=O)(=O)c3cccs3)CC2)c1. The van der Waals surface area contributed by atoms with Gasteiger partial charge in [0, 0.05) is 32.2 Å². The monoisotopic (exact) mass is 453 g/mol. The third kappa shape index (κ3) is 5.51. The molecule has 1 saturated heterocycles. The van der Waals surface area contributed by atoms with Crippen LogP contribution in [0.2, 0.25) is 0 Å². The predicted molar refractivity (Wildman–Crippen MR) is 117 cm³/mol. The number of piperazine rings is 1. The first-order valence-electron chi connectivity index (χ1n) is 9.89. The van der Waals surface area contributed by atoms with Crippen molar-refractivity contribution in [3.05, 3.63) is 35.7 Å². The molecule has 2 heterocycles. The Kier molecular flexibility index (Phi) is 7.70. The first kappa shape index (κ1) is 22.5. The highest BCUT2D eigenvalue weighted by Gasteiger charge is 2.29. The Labute approximate surface area is 181 Å². The van der Waals surface area contributed by atoms with E-state index < -0.39 is 10.0 Å². The number of hydrogen-bond donors (Lipinski definition) is 1.